The average molecular weight is 313 g/mol. The number of nitrogens with one attached hydrogen (secondary N) is 1. The number of benzene rings is 2. The third-order valence-corrected chi connectivity index (χ3v) is 4.67. The molecule has 22 heavy (non-hydrogen) atoms. The van der Waals surface area contributed by atoms with Gasteiger partial charge in [-0.2, -0.15) is 11.8 Å². The molecule has 4 nitrogen and oxygen atoms in total. The summed E-state index contributed by atoms with van der Waals surface area (Å²) in [4.78, 5) is 23.7. The van der Waals surface area contributed by atoms with Crippen LogP contribution in [0.1, 0.15) is 33.1 Å². The molecule has 1 amide bonds. The molecule has 112 valence electrons. The fourth-order valence-corrected chi connectivity index (χ4v) is 3.56. The molecule has 2 N–H and O–H groups in total. The third kappa shape index (κ3) is 2.99. The van der Waals surface area contributed by atoms with Gasteiger partial charge in [0.25, 0.3) is 5.91 Å². The first kappa shape index (κ1) is 14.7. The van der Waals surface area contributed by atoms with Gasteiger partial charge in [0.15, 0.2) is 6.04 Å². The standard InChI is InChI=1S/C17H15NO3S/c19-16(11-4-2-1-3-5-11)18-15(17(20)21)12-6-7-13-9-22-10-14(13)8-12/h1-8,15H,9-10H2,(H,18,19)(H,20,21). The molecule has 0 spiro atoms. The van der Waals surface area contributed by atoms with Gasteiger partial charge in [0.1, 0.15) is 0 Å². The van der Waals surface area contributed by atoms with Crippen molar-refractivity contribution in [2.24, 2.45) is 0 Å². The van der Waals surface area contributed by atoms with E-state index in [-0.39, 0.29) is 5.91 Å². The smallest absolute Gasteiger partial charge is 0.330 e. The number of carbonyl (C=O) groups is 2. The van der Waals surface area contributed by atoms with E-state index in [1.54, 1.807) is 30.3 Å². The van der Waals surface area contributed by atoms with Crippen molar-refractivity contribution < 1.29 is 14.7 Å². The van der Waals surface area contributed by atoms with E-state index in [1.807, 2.05) is 30.0 Å². The van der Waals surface area contributed by atoms with E-state index >= 15 is 0 Å². The summed E-state index contributed by atoms with van der Waals surface area (Å²) in [6.07, 6.45) is 0. The minimum Gasteiger partial charge on any atom is -0.479 e. The van der Waals surface area contributed by atoms with Crippen LogP contribution in [0.4, 0.5) is 0 Å². The van der Waals surface area contributed by atoms with Crippen LogP contribution in [-0.4, -0.2) is 17.0 Å². The Bertz CT molecular complexity index is 715. The lowest BCUT2D eigenvalue weighted by atomic mass is 10.0. The van der Waals surface area contributed by atoms with Crippen LogP contribution >= 0.6 is 11.8 Å². The van der Waals surface area contributed by atoms with Crippen LogP contribution in [0.15, 0.2) is 48.5 Å². The second kappa shape index (κ2) is 6.23. The Kier molecular flexibility index (Phi) is 4.15. The van der Waals surface area contributed by atoms with Crippen LogP contribution in [0.25, 0.3) is 0 Å². The van der Waals surface area contributed by atoms with Gasteiger partial charge in [-0.25, -0.2) is 4.79 Å². The van der Waals surface area contributed by atoms with E-state index in [2.05, 4.69) is 5.32 Å². The lowest BCUT2D eigenvalue weighted by Gasteiger charge is -2.16. The Morgan fingerprint density at radius 2 is 1.77 bits per heavy atom. The number of rotatable bonds is 4. The Morgan fingerprint density at radius 3 is 2.50 bits per heavy atom. The highest BCUT2D eigenvalue weighted by molar-refractivity contribution is 7.98. The molecule has 1 aliphatic rings. The highest BCUT2D eigenvalue weighted by Gasteiger charge is 2.24. The fraction of sp³-hybridized carbons (Fsp3) is 0.176. The van der Waals surface area contributed by atoms with Gasteiger partial charge in [0.05, 0.1) is 0 Å². The Morgan fingerprint density at radius 1 is 1.05 bits per heavy atom. The number of hydrogen-bond donors (Lipinski definition) is 2. The maximum atomic E-state index is 12.2. The lowest BCUT2D eigenvalue weighted by molar-refractivity contribution is -0.139. The molecule has 0 saturated carbocycles. The first-order valence-electron chi connectivity index (χ1n) is 6.93. The molecule has 1 aliphatic heterocycles. The topological polar surface area (TPSA) is 66.4 Å². The molecule has 3 rings (SSSR count). The molecule has 5 heteroatoms. The van der Waals surface area contributed by atoms with E-state index in [9.17, 15) is 14.7 Å². The van der Waals surface area contributed by atoms with E-state index in [0.717, 1.165) is 17.1 Å². The zero-order valence-electron chi connectivity index (χ0n) is 11.8. The lowest BCUT2D eigenvalue weighted by Crippen LogP contribution is -2.33. The van der Waals surface area contributed by atoms with Crippen molar-refractivity contribution in [3.63, 3.8) is 0 Å². The van der Waals surface area contributed by atoms with Crippen molar-refractivity contribution in [2.45, 2.75) is 17.5 Å². The molecule has 0 aromatic heterocycles. The number of carboxylic acid groups (broad SMARTS) is 1. The normalized spacial score (nSPS) is 14.2. The zero-order chi connectivity index (χ0) is 15.5. The van der Waals surface area contributed by atoms with Crippen LogP contribution in [0, 0.1) is 0 Å². The van der Waals surface area contributed by atoms with E-state index < -0.39 is 12.0 Å². The summed E-state index contributed by atoms with van der Waals surface area (Å²) in [5.41, 5.74) is 3.46. The monoisotopic (exact) mass is 313 g/mol. The van der Waals surface area contributed by atoms with Crippen LogP contribution in [0.5, 0.6) is 0 Å². The summed E-state index contributed by atoms with van der Waals surface area (Å²) in [6.45, 7) is 0. The van der Waals surface area contributed by atoms with Gasteiger partial charge >= 0.3 is 5.97 Å². The van der Waals surface area contributed by atoms with Crippen LogP contribution in [0.2, 0.25) is 0 Å². The maximum Gasteiger partial charge on any atom is 0.330 e. The second-order valence-electron chi connectivity index (χ2n) is 5.13. The number of carbonyl (C=O) groups excluding carboxylic acids is 1. The number of carboxylic acids is 1. The van der Waals surface area contributed by atoms with Crippen molar-refractivity contribution in [1.29, 1.82) is 0 Å². The molecular formula is C17H15NO3S. The summed E-state index contributed by atoms with van der Waals surface area (Å²) >= 11 is 1.81. The molecule has 1 unspecified atom stereocenters. The van der Waals surface area contributed by atoms with Gasteiger partial charge < -0.3 is 10.4 Å². The number of amides is 1. The van der Waals surface area contributed by atoms with E-state index in [4.69, 9.17) is 0 Å². The highest BCUT2D eigenvalue weighted by Crippen LogP contribution is 2.31. The molecule has 0 bridgehead atoms. The van der Waals surface area contributed by atoms with Crippen molar-refractivity contribution in [3.8, 4) is 0 Å². The first-order chi connectivity index (χ1) is 10.6. The summed E-state index contributed by atoms with van der Waals surface area (Å²) in [7, 11) is 0. The van der Waals surface area contributed by atoms with Crippen molar-refractivity contribution in [3.05, 3.63) is 70.8 Å². The second-order valence-corrected chi connectivity index (χ2v) is 6.12. The average Bonchev–Trinajstić information content (AvgIpc) is 3.00. The SMILES string of the molecule is O=C(NC(C(=O)O)c1ccc2c(c1)CSC2)c1ccccc1. The summed E-state index contributed by atoms with van der Waals surface area (Å²) in [6, 6.07) is 13.2. The number of thioether (sulfide) groups is 1. The third-order valence-electron chi connectivity index (χ3n) is 3.64. The minimum atomic E-state index is -1.06. The highest BCUT2D eigenvalue weighted by atomic mass is 32.2. The molecule has 2 aromatic carbocycles. The minimum absolute atomic E-state index is 0.386. The first-order valence-corrected chi connectivity index (χ1v) is 8.09. The molecule has 1 atom stereocenters. The van der Waals surface area contributed by atoms with Gasteiger partial charge in [-0.05, 0) is 28.8 Å². The molecular weight excluding hydrogens is 298 g/mol. The van der Waals surface area contributed by atoms with Gasteiger partial charge in [0, 0.05) is 17.1 Å². The van der Waals surface area contributed by atoms with Gasteiger partial charge in [-0.15, -0.1) is 0 Å². The number of aliphatic carboxylic acids is 1. The largest absolute Gasteiger partial charge is 0.479 e. The molecule has 1 heterocycles. The van der Waals surface area contributed by atoms with Crippen LogP contribution in [-0.2, 0) is 16.3 Å². The van der Waals surface area contributed by atoms with E-state index in [0.29, 0.717) is 11.1 Å². The van der Waals surface area contributed by atoms with Crippen LogP contribution < -0.4 is 5.32 Å². The predicted molar refractivity (Wildman–Crippen MR) is 85.7 cm³/mol. The summed E-state index contributed by atoms with van der Waals surface area (Å²) < 4.78 is 0. The molecule has 0 aliphatic carbocycles. The maximum absolute atomic E-state index is 12.2. The van der Waals surface area contributed by atoms with Gasteiger partial charge in [-0.3, -0.25) is 4.79 Å². The fourth-order valence-electron chi connectivity index (χ4n) is 2.46. The Hall–Kier alpha value is -2.27. The van der Waals surface area contributed by atoms with Gasteiger partial charge in [0.2, 0.25) is 0 Å². The Labute approximate surface area is 132 Å². The number of fused-ring (bicyclic) bond motifs is 1. The quantitative estimate of drug-likeness (QED) is 0.910. The van der Waals surface area contributed by atoms with Crippen molar-refractivity contribution in [2.75, 3.05) is 0 Å². The number of hydrogen-bond acceptors (Lipinski definition) is 3. The van der Waals surface area contributed by atoms with Crippen LogP contribution in [0.3, 0.4) is 0 Å². The molecule has 2 aromatic rings. The van der Waals surface area contributed by atoms with E-state index in [1.165, 1.54) is 5.56 Å². The summed E-state index contributed by atoms with van der Waals surface area (Å²) in [5, 5.41) is 12.0. The molecule has 0 radical (unpaired) electrons. The Balaban J connectivity index is 1.84. The van der Waals surface area contributed by atoms with Gasteiger partial charge in [-0.1, -0.05) is 36.4 Å². The predicted octanol–water partition coefficient (Wildman–Crippen LogP) is 2.99. The van der Waals surface area contributed by atoms with Crippen molar-refractivity contribution >= 4 is 23.6 Å². The van der Waals surface area contributed by atoms with Crippen molar-refractivity contribution in [1.82, 2.24) is 5.32 Å². The zero-order valence-corrected chi connectivity index (χ0v) is 12.6. The summed E-state index contributed by atoms with van der Waals surface area (Å²) in [5.74, 6) is 0.407. The molecule has 0 saturated heterocycles. The molecule has 0 fully saturated rings.